The molecule has 1 unspecified atom stereocenters. The van der Waals surface area contributed by atoms with Crippen molar-refractivity contribution in [1.29, 1.82) is 0 Å². The monoisotopic (exact) mass is 363 g/mol. The van der Waals surface area contributed by atoms with Crippen LogP contribution in [0.4, 0.5) is 5.69 Å². The van der Waals surface area contributed by atoms with Crippen LogP contribution in [0, 0.1) is 0 Å². The topological polar surface area (TPSA) is 65.4 Å². The number of amides is 1. The van der Waals surface area contributed by atoms with Gasteiger partial charge < -0.3 is 19.4 Å². The Morgan fingerprint density at radius 2 is 2.00 bits per heavy atom. The summed E-state index contributed by atoms with van der Waals surface area (Å²) in [4.78, 5) is 16.4. The highest BCUT2D eigenvalue weighted by molar-refractivity contribution is 6.04. The molecule has 1 aliphatic rings. The van der Waals surface area contributed by atoms with Crippen LogP contribution in [-0.2, 0) is 4.74 Å². The molecule has 1 fully saturated rings. The minimum Gasteiger partial charge on any atom is -0.491 e. The Morgan fingerprint density at radius 3 is 2.67 bits per heavy atom. The predicted octanol–water partition coefficient (Wildman–Crippen LogP) is 3.68. The highest BCUT2D eigenvalue weighted by Gasteiger charge is 2.16. The quantitative estimate of drug-likeness (QED) is 0.725. The number of hydrogen-bond donors (Lipinski definition) is 1. The molecule has 1 saturated heterocycles. The van der Waals surface area contributed by atoms with Gasteiger partial charge in [-0.05, 0) is 61.4 Å². The van der Waals surface area contributed by atoms with Crippen molar-refractivity contribution in [1.82, 2.24) is 9.55 Å². The van der Waals surface area contributed by atoms with E-state index in [-0.39, 0.29) is 12.0 Å². The summed E-state index contributed by atoms with van der Waals surface area (Å²) in [6, 6.07) is 14.7. The molecule has 4 rings (SSSR count). The summed E-state index contributed by atoms with van der Waals surface area (Å²) >= 11 is 0. The second-order valence-corrected chi connectivity index (χ2v) is 6.44. The van der Waals surface area contributed by atoms with Gasteiger partial charge in [0.1, 0.15) is 12.4 Å². The molecule has 2 aromatic carbocycles. The number of carbonyl (C=O) groups excluding carboxylic acids is 1. The van der Waals surface area contributed by atoms with Crippen molar-refractivity contribution in [2.24, 2.45) is 0 Å². The number of aromatic nitrogens is 2. The standard InChI is InChI=1S/C21H21N3O3/c25-21(23-17-5-7-18(8-6-17)24-12-11-22-15-24)16-3-9-19(10-4-16)27-14-20-2-1-13-26-20/h3-12,15,20H,1-2,13-14H2,(H,23,25). The van der Waals surface area contributed by atoms with Crippen molar-refractivity contribution in [2.75, 3.05) is 18.5 Å². The Balaban J connectivity index is 1.33. The van der Waals surface area contributed by atoms with Crippen LogP contribution in [0.25, 0.3) is 5.69 Å². The molecule has 1 aliphatic heterocycles. The van der Waals surface area contributed by atoms with Crippen LogP contribution in [-0.4, -0.2) is 34.8 Å². The third-order valence-electron chi connectivity index (χ3n) is 4.50. The number of anilines is 1. The van der Waals surface area contributed by atoms with E-state index in [0.29, 0.717) is 12.2 Å². The van der Waals surface area contributed by atoms with Crippen molar-refractivity contribution in [3.8, 4) is 11.4 Å². The first kappa shape index (κ1) is 17.3. The van der Waals surface area contributed by atoms with Crippen LogP contribution in [0.2, 0.25) is 0 Å². The van der Waals surface area contributed by atoms with Gasteiger partial charge in [-0.2, -0.15) is 0 Å². The molecule has 0 saturated carbocycles. The van der Waals surface area contributed by atoms with E-state index in [1.54, 1.807) is 24.7 Å². The molecule has 0 aliphatic carbocycles. The van der Waals surface area contributed by atoms with Gasteiger partial charge in [-0.3, -0.25) is 4.79 Å². The van der Waals surface area contributed by atoms with E-state index in [0.717, 1.165) is 36.6 Å². The summed E-state index contributed by atoms with van der Waals surface area (Å²) in [5, 5.41) is 2.90. The fraction of sp³-hybridized carbons (Fsp3) is 0.238. The van der Waals surface area contributed by atoms with Crippen LogP contribution >= 0.6 is 0 Å². The number of hydrogen-bond acceptors (Lipinski definition) is 4. The molecule has 138 valence electrons. The molecular formula is C21H21N3O3. The fourth-order valence-corrected chi connectivity index (χ4v) is 3.00. The molecule has 1 N–H and O–H groups in total. The second kappa shape index (κ2) is 8.05. The molecule has 3 aromatic rings. The third-order valence-corrected chi connectivity index (χ3v) is 4.50. The SMILES string of the molecule is O=C(Nc1ccc(-n2ccnc2)cc1)c1ccc(OCC2CCCO2)cc1. The van der Waals surface area contributed by atoms with Gasteiger partial charge in [0.25, 0.3) is 5.91 Å². The minimum absolute atomic E-state index is 0.156. The second-order valence-electron chi connectivity index (χ2n) is 6.44. The Bertz CT molecular complexity index is 868. The summed E-state index contributed by atoms with van der Waals surface area (Å²) in [5.74, 6) is 0.586. The molecule has 6 heteroatoms. The van der Waals surface area contributed by atoms with Gasteiger partial charge in [0, 0.05) is 35.9 Å². The maximum atomic E-state index is 12.4. The maximum Gasteiger partial charge on any atom is 0.255 e. The molecule has 0 radical (unpaired) electrons. The largest absolute Gasteiger partial charge is 0.491 e. The van der Waals surface area contributed by atoms with E-state index < -0.39 is 0 Å². The van der Waals surface area contributed by atoms with Gasteiger partial charge in [-0.25, -0.2) is 4.98 Å². The number of nitrogens with one attached hydrogen (secondary N) is 1. The zero-order chi connectivity index (χ0) is 18.5. The van der Waals surface area contributed by atoms with Crippen LogP contribution in [0.5, 0.6) is 5.75 Å². The number of benzene rings is 2. The van der Waals surface area contributed by atoms with Gasteiger partial charge in [-0.1, -0.05) is 0 Å². The van der Waals surface area contributed by atoms with Gasteiger partial charge in [0.2, 0.25) is 0 Å². The van der Waals surface area contributed by atoms with E-state index in [9.17, 15) is 4.79 Å². The molecule has 2 heterocycles. The van der Waals surface area contributed by atoms with Crippen molar-refractivity contribution >= 4 is 11.6 Å². The van der Waals surface area contributed by atoms with Crippen molar-refractivity contribution < 1.29 is 14.3 Å². The lowest BCUT2D eigenvalue weighted by Gasteiger charge is -2.12. The first-order chi connectivity index (χ1) is 13.3. The van der Waals surface area contributed by atoms with Crippen LogP contribution in [0.3, 0.4) is 0 Å². The normalized spacial score (nSPS) is 16.2. The third kappa shape index (κ3) is 4.35. The Labute approximate surface area is 157 Å². The van der Waals surface area contributed by atoms with Crippen molar-refractivity contribution in [3.05, 3.63) is 72.8 Å². The van der Waals surface area contributed by atoms with Gasteiger partial charge >= 0.3 is 0 Å². The lowest BCUT2D eigenvalue weighted by Crippen LogP contribution is -2.16. The van der Waals surface area contributed by atoms with Gasteiger partial charge in [0.05, 0.1) is 12.4 Å². The number of rotatable bonds is 6. The van der Waals surface area contributed by atoms with E-state index in [1.165, 1.54) is 0 Å². The van der Waals surface area contributed by atoms with Crippen LogP contribution in [0.1, 0.15) is 23.2 Å². The molecular weight excluding hydrogens is 342 g/mol. The highest BCUT2D eigenvalue weighted by atomic mass is 16.5. The van der Waals surface area contributed by atoms with E-state index in [1.807, 2.05) is 47.2 Å². The zero-order valence-electron chi connectivity index (χ0n) is 14.9. The highest BCUT2D eigenvalue weighted by Crippen LogP contribution is 2.18. The summed E-state index contributed by atoms with van der Waals surface area (Å²) in [6.07, 6.45) is 7.64. The number of ether oxygens (including phenoxy) is 2. The van der Waals surface area contributed by atoms with E-state index in [2.05, 4.69) is 10.3 Å². The molecule has 1 amide bonds. The van der Waals surface area contributed by atoms with Crippen LogP contribution in [0.15, 0.2) is 67.3 Å². The van der Waals surface area contributed by atoms with Crippen molar-refractivity contribution in [3.63, 3.8) is 0 Å². The Morgan fingerprint density at radius 1 is 1.19 bits per heavy atom. The molecule has 6 nitrogen and oxygen atoms in total. The first-order valence-electron chi connectivity index (χ1n) is 9.02. The Kier molecular flexibility index (Phi) is 5.16. The number of imidazole rings is 1. The summed E-state index contributed by atoms with van der Waals surface area (Å²) in [5.41, 5.74) is 2.30. The van der Waals surface area contributed by atoms with Gasteiger partial charge in [0.15, 0.2) is 0 Å². The smallest absolute Gasteiger partial charge is 0.255 e. The molecule has 0 bridgehead atoms. The van der Waals surface area contributed by atoms with Crippen molar-refractivity contribution in [2.45, 2.75) is 18.9 Å². The van der Waals surface area contributed by atoms with E-state index >= 15 is 0 Å². The van der Waals surface area contributed by atoms with E-state index in [4.69, 9.17) is 9.47 Å². The zero-order valence-corrected chi connectivity index (χ0v) is 14.9. The minimum atomic E-state index is -0.156. The fourth-order valence-electron chi connectivity index (χ4n) is 3.00. The number of nitrogens with zero attached hydrogens (tertiary/aromatic N) is 2. The lowest BCUT2D eigenvalue weighted by molar-refractivity contribution is 0.0679. The van der Waals surface area contributed by atoms with Gasteiger partial charge in [-0.15, -0.1) is 0 Å². The molecule has 1 aromatic heterocycles. The summed E-state index contributed by atoms with van der Waals surface area (Å²) in [6.45, 7) is 1.37. The molecule has 1 atom stereocenters. The maximum absolute atomic E-state index is 12.4. The average Bonchev–Trinajstić information content (AvgIpc) is 3.41. The molecule has 0 spiro atoms. The summed E-state index contributed by atoms with van der Waals surface area (Å²) in [7, 11) is 0. The molecule has 27 heavy (non-hydrogen) atoms. The summed E-state index contributed by atoms with van der Waals surface area (Å²) < 4.78 is 13.2. The lowest BCUT2D eigenvalue weighted by atomic mass is 10.2. The van der Waals surface area contributed by atoms with Crippen LogP contribution < -0.4 is 10.1 Å². The Hall–Kier alpha value is -3.12. The average molecular weight is 363 g/mol. The first-order valence-corrected chi connectivity index (χ1v) is 9.02. The number of carbonyl (C=O) groups is 1. The predicted molar refractivity (Wildman–Crippen MR) is 102 cm³/mol.